The number of amides is 1. The fraction of sp³-hybridized carbons (Fsp3) is 0.286. The van der Waals surface area contributed by atoms with Crippen LogP contribution in [0.4, 0.5) is 0 Å². The van der Waals surface area contributed by atoms with E-state index in [1.54, 1.807) is 7.11 Å². The first-order valence-corrected chi connectivity index (χ1v) is 10.5. The lowest BCUT2D eigenvalue weighted by molar-refractivity contribution is -0.134. The number of methoxy groups -OCH3 is 1. The quantitative estimate of drug-likeness (QED) is 0.478. The van der Waals surface area contributed by atoms with Crippen molar-refractivity contribution in [1.82, 2.24) is 19.8 Å². The van der Waals surface area contributed by atoms with E-state index in [1.165, 1.54) is 16.4 Å². The summed E-state index contributed by atoms with van der Waals surface area (Å²) in [6, 6.07) is 17.1. The Labute approximate surface area is 179 Å². The van der Waals surface area contributed by atoms with Gasteiger partial charge in [-0.05, 0) is 29.8 Å². The van der Waals surface area contributed by atoms with Crippen molar-refractivity contribution in [2.75, 3.05) is 39.3 Å². The van der Waals surface area contributed by atoms with Gasteiger partial charge in [0.2, 0.25) is 11.1 Å². The molecule has 8 nitrogen and oxygen atoms in total. The highest BCUT2D eigenvalue weighted by Crippen LogP contribution is 2.36. The molecule has 2 heterocycles. The van der Waals surface area contributed by atoms with Crippen molar-refractivity contribution >= 4 is 17.7 Å². The highest BCUT2D eigenvalue weighted by molar-refractivity contribution is 8.00. The fourth-order valence-electron chi connectivity index (χ4n) is 3.24. The molecule has 4 rings (SSSR count). The van der Waals surface area contributed by atoms with Gasteiger partial charge in [0.15, 0.2) is 5.82 Å². The molecule has 0 spiro atoms. The molecule has 1 saturated heterocycles. The number of hydrogen-bond acceptors (Lipinski definition) is 7. The molecule has 1 amide bonds. The minimum Gasteiger partial charge on any atom is -0.497 e. The van der Waals surface area contributed by atoms with Gasteiger partial charge in [0, 0.05) is 18.7 Å². The van der Waals surface area contributed by atoms with E-state index in [2.05, 4.69) is 10.2 Å². The Bertz CT molecular complexity index is 988. The summed E-state index contributed by atoms with van der Waals surface area (Å²) in [6.07, 6.45) is 0. The molecule has 156 valence electrons. The van der Waals surface area contributed by atoms with Crippen molar-refractivity contribution in [3.63, 3.8) is 0 Å². The van der Waals surface area contributed by atoms with Crippen LogP contribution in [0, 0.1) is 0 Å². The second-order valence-corrected chi connectivity index (χ2v) is 7.82. The lowest BCUT2D eigenvalue weighted by atomic mass is 10.1. The summed E-state index contributed by atoms with van der Waals surface area (Å²) in [6.45, 7) is 2.25. The Morgan fingerprint density at radius 2 is 1.80 bits per heavy atom. The summed E-state index contributed by atoms with van der Waals surface area (Å²) in [5, 5.41) is 8.49. The summed E-state index contributed by atoms with van der Waals surface area (Å²) in [5.41, 5.74) is 1.71. The SMILES string of the molecule is COc1ccc(-c2nnc(SC(C(=O)N3CCOCC3)c3ccccc3)n2N)cc1. The third-order valence-electron chi connectivity index (χ3n) is 4.89. The van der Waals surface area contributed by atoms with Gasteiger partial charge in [0.25, 0.3) is 0 Å². The van der Waals surface area contributed by atoms with Crippen molar-refractivity contribution in [1.29, 1.82) is 0 Å². The topological polar surface area (TPSA) is 95.5 Å². The van der Waals surface area contributed by atoms with Gasteiger partial charge < -0.3 is 20.2 Å². The maximum absolute atomic E-state index is 13.3. The van der Waals surface area contributed by atoms with Crippen LogP contribution in [0.15, 0.2) is 59.8 Å². The van der Waals surface area contributed by atoms with Crippen LogP contribution in [0.3, 0.4) is 0 Å². The van der Waals surface area contributed by atoms with Crippen LogP contribution in [-0.4, -0.2) is 59.1 Å². The van der Waals surface area contributed by atoms with Gasteiger partial charge in [-0.3, -0.25) is 4.79 Å². The van der Waals surface area contributed by atoms with Gasteiger partial charge in [-0.2, -0.15) is 0 Å². The minimum absolute atomic E-state index is 0.0171. The Kier molecular flexibility index (Phi) is 6.20. The van der Waals surface area contributed by atoms with E-state index < -0.39 is 5.25 Å². The van der Waals surface area contributed by atoms with Crippen LogP contribution >= 0.6 is 11.8 Å². The molecule has 30 heavy (non-hydrogen) atoms. The van der Waals surface area contributed by atoms with Gasteiger partial charge in [0.05, 0.1) is 20.3 Å². The molecule has 2 aromatic carbocycles. The summed E-state index contributed by atoms with van der Waals surface area (Å²) in [5.74, 6) is 7.59. The zero-order valence-electron chi connectivity index (χ0n) is 16.6. The second kappa shape index (κ2) is 9.19. The third kappa shape index (κ3) is 4.27. The van der Waals surface area contributed by atoms with Gasteiger partial charge in [-0.15, -0.1) is 10.2 Å². The maximum Gasteiger partial charge on any atom is 0.240 e. The van der Waals surface area contributed by atoms with Crippen molar-refractivity contribution in [3.05, 3.63) is 60.2 Å². The number of aromatic nitrogens is 3. The summed E-state index contributed by atoms with van der Waals surface area (Å²) >= 11 is 1.30. The molecule has 1 unspecified atom stereocenters. The highest BCUT2D eigenvalue weighted by Gasteiger charge is 2.30. The second-order valence-electron chi connectivity index (χ2n) is 6.75. The van der Waals surface area contributed by atoms with Gasteiger partial charge in [-0.1, -0.05) is 42.1 Å². The number of thioether (sulfide) groups is 1. The highest BCUT2D eigenvalue weighted by atomic mass is 32.2. The first-order valence-electron chi connectivity index (χ1n) is 9.60. The fourth-order valence-corrected chi connectivity index (χ4v) is 4.28. The van der Waals surface area contributed by atoms with E-state index in [0.717, 1.165) is 16.9 Å². The number of morpholine rings is 1. The number of hydrogen-bond donors (Lipinski definition) is 1. The number of nitrogens with zero attached hydrogens (tertiary/aromatic N) is 4. The third-order valence-corrected chi connectivity index (χ3v) is 6.08. The molecule has 1 atom stereocenters. The number of carbonyl (C=O) groups is 1. The summed E-state index contributed by atoms with van der Waals surface area (Å²) in [4.78, 5) is 15.1. The van der Waals surface area contributed by atoms with Crippen molar-refractivity contribution in [3.8, 4) is 17.1 Å². The molecule has 0 aliphatic carbocycles. The Morgan fingerprint density at radius 3 is 2.47 bits per heavy atom. The molecule has 0 bridgehead atoms. The molecule has 2 N–H and O–H groups in total. The number of carbonyl (C=O) groups excluding carboxylic acids is 1. The van der Waals surface area contributed by atoms with Crippen molar-refractivity contribution in [2.24, 2.45) is 0 Å². The van der Waals surface area contributed by atoms with E-state index in [-0.39, 0.29) is 5.91 Å². The van der Waals surface area contributed by atoms with Crippen molar-refractivity contribution in [2.45, 2.75) is 10.4 Å². The van der Waals surface area contributed by atoms with Crippen LogP contribution in [0.5, 0.6) is 5.75 Å². The van der Waals surface area contributed by atoms with Crippen LogP contribution in [0.2, 0.25) is 0 Å². The van der Waals surface area contributed by atoms with Gasteiger partial charge in [-0.25, -0.2) is 4.68 Å². The number of nitrogens with two attached hydrogens (primary N) is 1. The predicted molar refractivity (Wildman–Crippen MR) is 115 cm³/mol. The van der Waals surface area contributed by atoms with Crippen LogP contribution in [0.25, 0.3) is 11.4 Å². The van der Waals surface area contributed by atoms with E-state index in [0.29, 0.717) is 37.3 Å². The van der Waals surface area contributed by atoms with E-state index >= 15 is 0 Å². The molecule has 9 heteroatoms. The largest absolute Gasteiger partial charge is 0.497 e. The molecular formula is C21H23N5O3S. The molecule has 1 aliphatic heterocycles. The van der Waals surface area contributed by atoms with E-state index in [9.17, 15) is 4.79 Å². The zero-order valence-corrected chi connectivity index (χ0v) is 17.4. The molecule has 0 radical (unpaired) electrons. The Hall–Kier alpha value is -3.04. The van der Waals surface area contributed by atoms with Gasteiger partial charge >= 0.3 is 0 Å². The molecule has 3 aromatic rings. The van der Waals surface area contributed by atoms with Crippen LogP contribution in [-0.2, 0) is 9.53 Å². The maximum atomic E-state index is 13.3. The average molecular weight is 426 g/mol. The predicted octanol–water partition coefficient (Wildman–Crippen LogP) is 2.36. The standard InChI is InChI=1S/C21H23N5O3S/c1-28-17-9-7-16(8-10-17)19-23-24-21(26(19)22)30-18(15-5-3-2-4-6-15)20(27)25-11-13-29-14-12-25/h2-10,18H,11-14,22H2,1H3. The van der Waals surface area contributed by atoms with Gasteiger partial charge in [0.1, 0.15) is 11.0 Å². The number of ether oxygens (including phenoxy) is 2. The summed E-state index contributed by atoms with van der Waals surface area (Å²) < 4.78 is 12.0. The number of rotatable bonds is 6. The smallest absolute Gasteiger partial charge is 0.240 e. The van der Waals surface area contributed by atoms with E-state index in [4.69, 9.17) is 15.3 Å². The van der Waals surface area contributed by atoms with Crippen molar-refractivity contribution < 1.29 is 14.3 Å². The van der Waals surface area contributed by atoms with Crippen LogP contribution < -0.4 is 10.6 Å². The lowest BCUT2D eigenvalue weighted by Crippen LogP contribution is -2.42. The number of benzene rings is 2. The molecular weight excluding hydrogens is 402 g/mol. The Morgan fingerprint density at radius 1 is 1.10 bits per heavy atom. The molecule has 1 aromatic heterocycles. The molecule has 1 aliphatic rings. The Balaban J connectivity index is 1.61. The average Bonchev–Trinajstić information content (AvgIpc) is 3.18. The number of nitrogen functional groups attached to an aromatic ring is 1. The van der Waals surface area contributed by atoms with Crippen LogP contribution in [0.1, 0.15) is 10.8 Å². The normalized spacial score (nSPS) is 15.0. The first-order chi connectivity index (χ1) is 14.7. The molecule has 0 saturated carbocycles. The molecule has 1 fully saturated rings. The summed E-state index contributed by atoms with van der Waals surface area (Å²) in [7, 11) is 1.62. The first kappa shape index (κ1) is 20.2. The van der Waals surface area contributed by atoms with E-state index in [1.807, 2.05) is 59.5 Å². The zero-order chi connectivity index (χ0) is 20.9. The lowest BCUT2D eigenvalue weighted by Gasteiger charge is -2.30. The minimum atomic E-state index is -0.473. The monoisotopic (exact) mass is 425 g/mol.